The Kier molecular flexibility index (Phi) is 6.27. The van der Waals surface area contributed by atoms with Gasteiger partial charge in [0.25, 0.3) is 0 Å². The summed E-state index contributed by atoms with van der Waals surface area (Å²) < 4.78 is 0. The highest BCUT2D eigenvalue weighted by atomic mass is 14.7. The third kappa shape index (κ3) is 4.19. The molecule has 0 amide bonds. The molecule has 0 spiro atoms. The minimum absolute atomic E-state index is 0.415. The van der Waals surface area contributed by atoms with E-state index < -0.39 is 0 Å². The molecule has 0 heterocycles. The van der Waals surface area contributed by atoms with Gasteiger partial charge in [0, 0.05) is 23.7 Å². The van der Waals surface area contributed by atoms with E-state index >= 15 is 0 Å². The summed E-state index contributed by atoms with van der Waals surface area (Å²) in [5, 5.41) is 0. The SMILES string of the molecule is C=CN=C1/C(=C\C)C(C)C(=C)CCCC1CC(C)C. The minimum Gasteiger partial charge on any atom is -0.261 e. The average Bonchev–Trinajstić information content (AvgIpc) is 2.35. The molecule has 1 saturated carbocycles. The third-order valence-electron chi connectivity index (χ3n) is 4.11. The summed E-state index contributed by atoms with van der Waals surface area (Å²) in [4.78, 5) is 4.63. The van der Waals surface area contributed by atoms with Crippen LogP contribution in [0.2, 0.25) is 0 Å². The summed E-state index contributed by atoms with van der Waals surface area (Å²) in [6, 6.07) is 0. The van der Waals surface area contributed by atoms with Crippen LogP contribution in [0.15, 0.2) is 41.6 Å². The number of nitrogens with zero attached hydrogens (tertiary/aromatic N) is 1. The molecule has 2 unspecified atom stereocenters. The zero-order valence-electron chi connectivity index (χ0n) is 13.1. The number of hydrogen-bond donors (Lipinski definition) is 0. The number of allylic oxidation sites excluding steroid dienone is 3. The monoisotopic (exact) mass is 259 g/mol. The van der Waals surface area contributed by atoms with E-state index in [1.807, 2.05) is 0 Å². The first kappa shape index (κ1) is 15.9. The molecule has 2 atom stereocenters. The van der Waals surface area contributed by atoms with E-state index in [9.17, 15) is 0 Å². The first-order valence-electron chi connectivity index (χ1n) is 7.54. The van der Waals surface area contributed by atoms with Crippen molar-refractivity contribution >= 4 is 5.71 Å². The Morgan fingerprint density at radius 2 is 2.11 bits per heavy atom. The van der Waals surface area contributed by atoms with Gasteiger partial charge in [0.15, 0.2) is 0 Å². The lowest BCUT2D eigenvalue weighted by Crippen LogP contribution is -2.25. The zero-order valence-corrected chi connectivity index (χ0v) is 13.1. The van der Waals surface area contributed by atoms with E-state index in [2.05, 4.69) is 51.9 Å². The van der Waals surface area contributed by atoms with Gasteiger partial charge >= 0.3 is 0 Å². The second-order valence-electron chi connectivity index (χ2n) is 6.04. The van der Waals surface area contributed by atoms with E-state index in [1.54, 1.807) is 6.20 Å². The van der Waals surface area contributed by atoms with E-state index in [4.69, 9.17) is 0 Å². The Hall–Kier alpha value is -1.11. The molecule has 1 fully saturated rings. The first-order valence-corrected chi connectivity index (χ1v) is 7.54. The second kappa shape index (κ2) is 7.47. The lowest BCUT2D eigenvalue weighted by Gasteiger charge is -2.30. The predicted molar refractivity (Wildman–Crippen MR) is 86.5 cm³/mol. The van der Waals surface area contributed by atoms with Gasteiger partial charge in [-0.05, 0) is 44.1 Å². The van der Waals surface area contributed by atoms with Crippen LogP contribution in [0.4, 0.5) is 0 Å². The summed E-state index contributed by atoms with van der Waals surface area (Å²) in [6.45, 7) is 17.0. The molecule has 0 radical (unpaired) electrons. The maximum Gasteiger partial charge on any atom is 0.0468 e. The van der Waals surface area contributed by atoms with Crippen LogP contribution in [-0.2, 0) is 0 Å². The molecule has 1 aliphatic rings. The zero-order chi connectivity index (χ0) is 14.4. The summed E-state index contributed by atoms with van der Waals surface area (Å²) >= 11 is 0. The molecular formula is C18H29N. The van der Waals surface area contributed by atoms with Gasteiger partial charge in [0.05, 0.1) is 0 Å². The van der Waals surface area contributed by atoms with Crippen molar-refractivity contribution in [3.63, 3.8) is 0 Å². The summed E-state index contributed by atoms with van der Waals surface area (Å²) in [5.41, 5.74) is 3.95. The van der Waals surface area contributed by atoms with Gasteiger partial charge in [-0.2, -0.15) is 0 Å². The van der Waals surface area contributed by atoms with Crippen LogP contribution in [0.3, 0.4) is 0 Å². The van der Waals surface area contributed by atoms with Crippen molar-refractivity contribution in [2.45, 2.75) is 53.4 Å². The van der Waals surface area contributed by atoms with Crippen LogP contribution < -0.4 is 0 Å². The fourth-order valence-electron chi connectivity index (χ4n) is 3.08. The molecule has 19 heavy (non-hydrogen) atoms. The van der Waals surface area contributed by atoms with Crippen LogP contribution in [-0.4, -0.2) is 5.71 Å². The maximum atomic E-state index is 4.63. The minimum atomic E-state index is 0.415. The number of rotatable bonds is 3. The quantitative estimate of drug-likeness (QED) is 0.589. The first-order chi connectivity index (χ1) is 9.01. The molecule has 0 saturated heterocycles. The van der Waals surface area contributed by atoms with Crippen molar-refractivity contribution in [2.24, 2.45) is 22.7 Å². The highest BCUT2D eigenvalue weighted by molar-refractivity contribution is 6.03. The van der Waals surface area contributed by atoms with Gasteiger partial charge in [-0.1, -0.05) is 45.6 Å². The fraction of sp³-hybridized carbons (Fsp3) is 0.611. The lowest BCUT2D eigenvalue weighted by molar-refractivity contribution is 0.451. The highest BCUT2D eigenvalue weighted by Crippen LogP contribution is 2.34. The highest BCUT2D eigenvalue weighted by Gasteiger charge is 2.26. The Morgan fingerprint density at radius 3 is 2.63 bits per heavy atom. The van der Waals surface area contributed by atoms with Crippen LogP contribution in [0, 0.1) is 17.8 Å². The van der Waals surface area contributed by atoms with Gasteiger partial charge in [0.1, 0.15) is 0 Å². The lowest BCUT2D eigenvalue weighted by atomic mass is 9.76. The summed E-state index contributed by atoms with van der Waals surface area (Å²) in [6.07, 6.45) is 8.72. The Bertz CT molecular complexity index is 384. The smallest absolute Gasteiger partial charge is 0.0468 e. The van der Waals surface area contributed by atoms with Gasteiger partial charge in [-0.25, -0.2) is 0 Å². The molecule has 1 nitrogen and oxygen atoms in total. The molecule has 0 aromatic rings. The third-order valence-corrected chi connectivity index (χ3v) is 4.11. The fourth-order valence-corrected chi connectivity index (χ4v) is 3.08. The molecule has 1 aliphatic carbocycles. The van der Waals surface area contributed by atoms with Crippen molar-refractivity contribution in [1.29, 1.82) is 0 Å². The van der Waals surface area contributed by atoms with E-state index in [-0.39, 0.29) is 0 Å². The molecule has 106 valence electrons. The standard InChI is InChI=1S/C18H29N/c1-7-17-15(6)14(5)10-9-11-16(12-13(3)4)18(17)19-8-2/h7-8,13,15-16H,2,5,9-12H2,1,3-4,6H3/b17-7-,19-18?. The van der Waals surface area contributed by atoms with Crippen LogP contribution >= 0.6 is 0 Å². The van der Waals surface area contributed by atoms with Gasteiger partial charge < -0.3 is 0 Å². The van der Waals surface area contributed by atoms with Gasteiger partial charge in [-0.15, -0.1) is 0 Å². The summed E-state index contributed by atoms with van der Waals surface area (Å²) in [5.74, 6) is 1.69. The molecule has 0 N–H and O–H groups in total. The molecule has 1 rings (SSSR count). The topological polar surface area (TPSA) is 12.4 Å². The Morgan fingerprint density at radius 1 is 1.42 bits per heavy atom. The van der Waals surface area contributed by atoms with E-state index in [0.717, 1.165) is 6.42 Å². The largest absolute Gasteiger partial charge is 0.261 e. The Labute approximate surface area is 119 Å². The molecule has 1 heteroatoms. The molecule has 0 bridgehead atoms. The molecule has 0 aromatic carbocycles. The molecule has 0 aliphatic heterocycles. The van der Waals surface area contributed by atoms with E-state index in [0.29, 0.717) is 17.8 Å². The van der Waals surface area contributed by atoms with Crippen LogP contribution in [0.1, 0.15) is 53.4 Å². The maximum absolute atomic E-state index is 4.63. The number of aliphatic imine (C=N–C) groups is 1. The average molecular weight is 259 g/mol. The normalized spacial score (nSPS) is 29.6. The van der Waals surface area contributed by atoms with Crippen LogP contribution in [0.5, 0.6) is 0 Å². The van der Waals surface area contributed by atoms with E-state index in [1.165, 1.54) is 36.1 Å². The van der Waals surface area contributed by atoms with Crippen molar-refractivity contribution in [3.8, 4) is 0 Å². The van der Waals surface area contributed by atoms with Crippen LogP contribution in [0.25, 0.3) is 0 Å². The second-order valence-corrected chi connectivity index (χ2v) is 6.04. The Balaban J connectivity index is 3.15. The number of hydrogen-bond acceptors (Lipinski definition) is 1. The predicted octanol–water partition coefficient (Wildman–Crippen LogP) is 5.56. The molecular weight excluding hydrogens is 230 g/mol. The summed E-state index contributed by atoms with van der Waals surface area (Å²) in [7, 11) is 0. The van der Waals surface area contributed by atoms with Crippen molar-refractivity contribution in [2.75, 3.05) is 0 Å². The molecule has 0 aromatic heterocycles. The van der Waals surface area contributed by atoms with Crippen molar-refractivity contribution in [3.05, 3.63) is 36.6 Å². The van der Waals surface area contributed by atoms with Gasteiger partial charge in [-0.3, -0.25) is 4.99 Å². The van der Waals surface area contributed by atoms with Crippen molar-refractivity contribution < 1.29 is 0 Å². The van der Waals surface area contributed by atoms with Crippen molar-refractivity contribution in [1.82, 2.24) is 0 Å². The van der Waals surface area contributed by atoms with Gasteiger partial charge in [0.2, 0.25) is 0 Å².